The van der Waals surface area contributed by atoms with E-state index in [2.05, 4.69) is 23.6 Å². The SMILES string of the molecule is C=C(C)OC1=C(C)CCC1.CC(=O)Cn1nc(-c2ccc(F)c(C)n2)cc1-c1ccccc1. The molecule has 0 fully saturated rings. The van der Waals surface area contributed by atoms with E-state index in [9.17, 15) is 9.18 Å². The molecule has 4 rings (SSSR count). The predicted octanol–water partition coefficient (Wildman–Crippen LogP) is 6.64. The molecule has 0 aliphatic heterocycles. The number of benzene rings is 1. The molecule has 0 saturated heterocycles. The molecule has 0 atom stereocenters. The van der Waals surface area contributed by atoms with Crippen LogP contribution in [0.4, 0.5) is 4.39 Å². The van der Waals surface area contributed by atoms with Gasteiger partial charge in [0.1, 0.15) is 17.3 Å². The Morgan fingerprint density at radius 2 is 1.82 bits per heavy atom. The standard InChI is InChI=1S/C18H16FN3O.C9H14O/c1-12(23)11-22-18(14-6-4-3-5-7-14)10-17(21-22)16-9-8-15(19)13(2)20-16;1-7(2)10-9-6-4-5-8(9)3/h3-10H,11H2,1-2H3;1,4-6H2,2-3H3. The fraction of sp³-hybridized carbons (Fsp3) is 0.296. The summed E-state index contributed by atoms with van der Waals surface area (Å²) >= 11 is 0. The lowest BCUT2D eigenvalue weighted by molar-refractivity contribution is -0.117. The Hall–Kier alpha value is -3.54. The van der Waals surface area contributed by atoms with Crippen LogP contribution >= 0.6 is 0 Å². The zero-order chi connectivity index (χ0) is 24.0. The Kier molecular flexibility index (Phi) is 7.93. The minimum atomic E-state index is -0.347. The Balaban J connectivity index is 0.000000257. The molecule has 0 bridgehead atoms. The van der Waals surface area contributed by atoms with Crippen molar-refractivity contribution >= 4 is 5.78 Å². The number of rotatable bonds is 6. The van der Waals surface area contributed by atoms with Crippen LogP contribution in [0.3, 0.4) is 0 Å². The first-order chi connectivity index (χ1) is 15.7. The van der Waals surface area contributed by atoms with Gasteiger partial charge in [-0.2, -0.15) is 5.10 Å². The lowest BCUT2D eigenvalue weighted by atomic mass is 10.1. The van der Waals surface area contributed by atoms with Crippen molar-refractivity contribution in [2.45, 2.75) is 53.5 Å². The summed E-state index contributed by atoms with van der Waals surface area (Å²) in [6.45, 7) is 11.0. The van der Waals surface area contributed by atoms with Gasteiger partial charge in [-0.3, -0.25) is 9.48 Å². The maximum absolute atomic E-state index is 13.4. The van der Waals surface area contributed by atoms with Gasteiger partial charge in [-0.1, -0.05) is 36.9 Å². The summed E-state index contributed by atoms with van der Waals surface area (Å²) < 4.78 is 20.5. The molecular formula is C27H30FN3O2. The highest BCUT2D eigenvalue weighted by molar-refractivity contribution is 5.77. The lowest BCUT2D eigenvalue weighted by Gasteiger charge is -2.05. The number of halogens is 1. The quantitative estimate of drug-likeness (QED) is 0.397. The van der Waals surface area contributed by atoms with Crippen molar-refractivity contribution in [3.05, 3.63) is 83.7 Å². The Morgan fingerprint density at radius 1 is 1.09 bits per heavy atom. The number of hydrogen-bond acceptors (Lipinski definition) is 4. The number of aromatic nitrogens is 3. The molecule has 1 aromatic carbocycles. The van der Waals surface area contributed by atoms with E-state index < -0.39 is 0 Å². The number of carbonyl (C=O) groups excluding carboxylic acids is 1. The number of nitrogens with zero attached hydrogens (tertiary/aromatic N) is 3. The summed E-state index contributed by atoms with van der Waals surface area (Å²) in [5.74, 6) is 1.61. The lowest BCUT2D eigenvalue weighted by Crippen LogP contribution is -2.09. The average molecular weight is 448 g/mol. The smallest absolute Gasteiger partial charge is 0.151 e. The van der Waals surface area contributed by atoms with Crippen molar-refractivity contribution in [2.24, 2.45) is 0 Å². The van der Waals surface area contributed by atoms with Gasteiger partial charge >= 0.3 is 0 Å². The highest BCUT2D eigenvalue weighted by Gasteiger charge is 2.14. The van der Waals surface area contributed by atoms with Gasteiger partial charge in [-0.05, 0) is 69.9 Å². The maximum atomic E-state index is 13.4. The molecule has 0 N–H and O–H groups in total. The molecule has 5 nitrogen and oxygen atoms in total. The Bertz CT molecular complexity index is 1180. The second-order valence-corrected chi connectivity index (χ2v) is 8.27. The topological polar surface area (TPSA) is 57.0 Å². The summed E-state index contributed by atoms with van der Waals surface area (Å²) in [4.78, 5) is 15.7. The summed E-state index contributed by atoms with van der Waals surface area (Å²) in [6, 6.07) is 14.6. The van der Waals surface area contributed by atoms with E-state index in [1.54, 1.807) is 17.7 Å². The van der Waals surface area contributed by atoms with Crippen LogP contribution in [-0.4, -0.2) is 20.5 Å². The van der Waals surface area contributed by atoms with Crippen LogP contribution in [0.2, 0.25) is 0 Å². The van der Waals surface area contributed by atoms with E-state index in [-0.39, 0.29) is 18.1 Å². The van der Waals surface area contributed by atoms with Crippen LogP contribution in [0.1, 0.15) is 45.7 Å². The van der Waals surface area contributed by atoms with E-state index in [0.29, 0.717) is 17.1 Å². The predicted molar refractivity (Wildman–Crippen MR) is 129 cm³/mol. The number of hydrogen-bond donors (Lipinski definition) is 0. The van der Waals surface area contributed by atoms with Crippen molar-refractivity contribution in [1.29, 1.82) is 0 Å². The van der Waals surface area contributed by atoms with Crippen molar-refractivity contribution < 1.29 is 13.9 Å². The molecule has 6 heteroatoms. The van der Waals surface area contributed by atoms with Crippen LogP contribution in [0.15, 0.2) is 72.2 Å². The highest BCUT2D eigenvalue weighted by Crippen LogP contribution is 2.27. The number of ether oxygens (including phenoxy) is 1. The third-order valence-electron chi connectivity index (χ3n) is 5.23. The zero-order valence-electron chi connectivity index (χ0n) is 19.7. The molecule has 1 aliphatic carbocycles. The van der Waals surface area contributed by atoms with Crippen molar-refractivity contribution in [1.82, 2.24) is 14.8 Å². The van der Waals surface area contributed by atoms with E-state index in [1.165, 1.54) is 31.4 Å². The van der Waals surface area contributed by atoms with Crippen molar-refractivity contribution in [3.8, 4) is 22.6 Å². The molecule has 2 heterocycles. The minimum absolute atomic E-state index is 0.0140. The van der Waals surface area contributed by atoms with Crippen molar-refractivity contribution in [2.75, 3.05) is 0 Å². The van der Waals surface area contributed by atoms with Gasteiger partial charge in [0.2, 0.25) is 0 Å². The molecule has 0 saturated carbocycles. The Labute approximate surface area is 194 Å². The monoisotopic (exact) mass is 447 g/mol. The number of carbonyl (C=O) groups is 1. The first kappa shape index (κ1) is 24.1. The first-order valence-electron chi connectivity index (χ1n) is 11.0. The molecule has 0 unspecified atom stereocenters. The molecule has 0 radical (unpaired) electrons. The Morgan fingerprint density at radius 3 is 2.39 bits per heavy atom. The van der Waals surface area contributed by atoms with E-state index in [1.807, 2.05) is 43.3 Å². The fourth-order valence-corrected chi connectivity index (χ4v) is 3.62. The van der Waals surface area contributed by atoms with Gasteiger partial charge in [-0.15, -0.1) is 0 Å². The van der Waals surface area contributed by atoms with Crippen molar-refractivity contribution in [3.63, 3.8) is 0 Å². The fourth-order valence-electron chi connectivity index (χ4n) is 3.62. The first-order valence-corrected chi connectivity index (χ1v) is 11.0. The van der Waals surface area contributed by atoms with Crippen LogP contribution in [0.25, 0.3) is 22.6 Å². The van der Waals surface area contributed by atoms with E-state index in [4.69, 9.17) is 4.74 Å². The van der Waals surface area contributed by atoms with Crippen LogP contribution < -0.4 is 0 Å². The molecule has 1 aliphatic rings. The van der Waals surface area contributed by atoms with Gasteiger partial charge in [0.25, 0.3) is 0 Å². The van der Waals surface area contributed by atoms with Gasteiger partial charge in [0, 0.05) is 6.42 Å². The van der Waals surface area contributed by atoms with Crippen LogP contribution in [-0.2, 0) is 16.1 Å². The van der Waals surface area contributed by atoms with Crippen LogP contribution in [0, 0.1) is 12.7 Å². The molecule has 3 aromatic rings. The van der Waals surface area contributed by atoms with Crippen LogP contribution in [0.5, 0.6) is 0 Å². The normalized spacial score (nSPS) is 12.9. The maximum Gasteiger partial charge on any atom is 0.151 e. The molecule has 2 aromatic heterocycles. The van der Waals surface area contributed by atoms with Gasteiger partial charge in [0.15, 0.2) is 5.78 Å². The van der Waals surface area contributed by atoms with E-state index in [0.717, 1.165) is 29.2 Å². The summed E-state index contributed by atoms with van der Waals surface area (Å²) in [5.41, 5.74) is 4.72. The third kappa shape index (κ3) is 6.48. The summed E-state index contributed by atoms with van der Waals surface area (Å²) in [5, 5.41) is 4.48. The number of aryl methyl sites for hydroxylation is 1. The zero-order valence-corrected chi connectivity index (χ0v) is 19.7. The second-order valence-electron chi connectivity index (χ2n) is 8.27. The molecule has 33 heavy (non-hydrogen) atoms. The number of allylic oxidation sites excluding steroid dienone is 3. The average Bonchev–Trinajstić information content (AvgIpc) is 3.36. The summed E-state index contributed by atoms with van der Waals surface area (Å²) in [7, 11) is 0. The largest absolute Gasteiger partial charge is 0.467 e. The van der Waals surface area contributed by atoms with Gasteiger partial charge in [-0.25, -0.2) is 9.37 Å². The van der Waals surface area contributed by atoms with Gasteiger partial charge in [0.05, 0.1) is 29.4 Å². The highest BCUT2D eigenvalue weighted by atomic mass is 19.1. The number of pyridine rings is 1. The van der Waals surface area contributed by atoms with E-state index >= 15 is 0 Å². The number of Topliss-reactive ketones (excluding diaryl/α,β-unsaturated/α-hetero) is 1. The number of ketones is 1. The summed E-state index contributed by atoms with van der Waals surface area (Å²) in [6.07, 6.45) is 3.54. The minimum Gasteiger partial charge on any atom is -0.467 e. The molecule has 172 valence electrons. The third-order valence-corrected chi connectivity index (χ3v) is 5.23. The second kappa shape index (κ2) is 10.9. The molecular weight excluding hydrogens is 417 g/mol. The molecule has 0 spiro atoms. The molecule has 0 amide bonds. The van der Waals surface area contributed by atoms with Gasteiger partial charge < -0.3 is 4.74 Å².